The molecule has 4 rings (SSSR count). The number of carbonyl (C=O) groups is 1. The van der Waals surface area contributed by atoms with Crippen molar-refractivity contribution in [3.8, 4) is 5.75 Å². The molecule has 8 heteroatoms. The molecule has 0 N–H and O–H groups in total. The molecule has 1 aliphatic carbocycles. The largest absolute Gasteiger partial charge is 0.497 e. The highest BCUT2D eigenvalue weighted by atomic mass is 32.1. The molecule has 128 valence electrons. The molecule has 0 unspecified atom stereocenters. The highest BCUT2D eigenvalue weighted by molar-refractivity contribution is 7.16. The van der Waals surface area contributed by atoms with Crippen LogP contribution in [0.5, 0.6) is 5.75 Å². The van der Waals surface area contributed by atoms with Gasteiger partial charge in [-0.2, -0.15) is 9.61 Å². The Kier molecular flexibility index (Phi) is 3.96. The number of esters is 1. The summed E-state index contributed by atoms with van der Waals surface area (Å²) < 4.78 is 11.6. The van der Waals surface area contributed by atoms with E-state index in [0.717, 1.165) is 17.8 Å². The fourth-order valence-electron chi connectivity index (χ4n) is 2.39. The fourth-order valence-corrected chi connectivity index (χ4v) is 3.48. The summed E-state index contributed by atoms with van der Waals surface area (Å²) in [5, 5.41) is 5.26. The highest BCUT2D eigenvalue weighted by Gasteiger charge is 2.28. The minimum absolute atomic E-state index is 0.0622. The van der Waals surface area contributed by atoms with E-state index in [1.807, 2.05) is 0 Å². The molecule has 2 heterocycles. The molecular weight excluding hydrogens is 342 g/mol. The summed E-state index contributed by atoms with van der Waals surface area (Å²) in [7, 11) is 1.56. The maximum atomic E-state index is 12.2. The van der Waals surface area contributed by atoms with E-state index in [9.17, 15) is 9.59 Å². The van der Waals surface area contributed by atoms with E-state index in [-0.39, 0.29) is 12.2 Å². The maximum absolute atomic E-state index is 12.2. The smallest absolute Gasteiger partial charge is 0.338 e. The van der Waals surface area contributed by atoms with Gasteiger partial charge < -0.3 is 9.47 Å². The second-order valence-corrected chi connectivity index (χ2v) is 6.79. The number of hydrogen-bond donors (Lipinski definition) is 0. The zero-order chi connectivity index (χ0) is 17.4. The van der Waals surface area contributed by atoms with Gasteiger partial charge in [0, 0.05) is 12.0 Å². The van der Waals surface area contributed by atoms with Crippen LogP contribution in [0.15, 0.2) is 35.1 Å². The summed E-state index contributed by atoms with van der Waals surface area (Å²) in [6.45, 7) is -0.0622. The Morgan fingerprint density at radius 1 is 1.32 bits per heavy atom. The van der Waals surface area contributed by atoms with Gasteiger partial charge in [-0.05, 0) is 37.1 Å². The Labute approximate surface area is 146 Å². The van der Waals surface area contributed by atoms with Crippen molar-refractivity contribution in [2.24, 2.45) is 0 Å². The second kappa shape index (κ2) is 6.29. The minimum atomic E-state index is -0.479. The molecule has 1 aliphatic rings. The van der Waals surface area contributed by atoms with Crippen LogP contribution in [0.3, 0.4) is 0 Å². The van der Waals surface area contributed by atoms with Crippen LogP contribution >= 0.6 is 11.3 Å². The molecule has 25 heavy (non-hydrogen) atoms. The van der Waals surface area contributed by atoms with Crippen molar-refractivity contribution in [2.45, 2.75) is 25.4 Å². The van der Waals surface area contributed by atoms with Gasteiger partial charge in [0.1, 0.15) is 17.4 Å². The van der Waals surface area contributed by atoms with E-state index in [1.54, 1.807) is 31.4 Å². The lowest BCUT2D eigenvalue weighted by atomic mass is 10.2. The van der Waals surface area contributed by atoms with E-state index >= 15 is 0 Å². The first kappa shape index (κ1) is 15.8. The Hall–Kier alpha value is -2.74. The third-order valence-electron chi connectivity index (χ3n) is 3.92. The van der Waals surface area contributed by atoms with Gasteiger partial charge >= 0.3 is 5.97 Å². The van der Waals surface area contributed by atoms with Crippen molar-refractivity contribution in [3.05, 3.63) is 57.0 Å². The zero-order valence-electron chi connectivity index (χ0n) is 13.5. The molecule has 0 amide bonds. The van der Waals surface area contributed by atoms with Gasteiger partial charge in [0.2, 0.25) is 4.96 Å². The summed E-state index contributed by atoms with van der Waals surface area (Å²) in [4.78, 5) is 29.2. The summed E-state index contributed by atoms with van der Waals surface area (Å²) in [6.07, 6.45) is 2.22. The van der Waals surface area contributed by atoms with Crippen molar-refractivity contribution in [3.63, 3.8) is 0 Å². The predicted molar refractivity (Wildman–Crippen MR) is 91.2 cm³/mol. The molecule has 0 radical (unpaired) electrons. The van der Waals surface area contributed by atoms with Crippen LogP contribution in [-0.4, -0.2) is 27.7 Å². The van der Waals surface area contributed by atoms with Crippen LogP contribution in [0.2, 0.25) is 0 Å². The molecule has 0 aliphatic heterocycles. The molecule has 0 bridgehead atoms. The monoisotopic (exact) mass is 357 g/mol. The van der Waals surface area contributed by atoms with Crippen molar-refractivity contribution < 1.29 is 14.3 Å². The van der Waals surface area contributed by atoms with Crippen LogP contribution < -0.4 is 10.3 Å². The molecule has 1 fully saturated rings. The average molecular weight is 357 g/mol. The number of hydrogen-bond acceptors (Lipinski definition) is 7. The van der Waals surface area contributed by atoms with E-state index in [2.05, 4.69) is 10.1 Å². The summed E-state index contributed by atoms with van der Waals surface area (Å²) in [6, 6.07) is 7.97. The van der Waals surface area contributed by atoms with Crippen LogP contribution in [-0.2, 0) is 11.3 Å². The highest BCUT2D eigenvalue weighted by Crippen LogP contribution is 2.41. The first-order valence-corrected chi connectivity index (χ1v) is 8.66. The number of ether oxygens (including phenoxy) is 2. The molecule has 0 atom stereocenters. The molecule has 1 saturated carbocycles. The Balaban J connectivity index is 1.49. The summed E-state index contributed by atoms with van der Waals surface area (Å²) in [5.74, 6) is 0.642. The first-order valence-electron chi connectivity index (χ1n) is 7.85. The molecule has 1 aromatic carbocycles. The third kappa shape index (κ3) is 3.25. The van der Waals surface area contributed by atoms with Crippen molar-refractivity contribution in [1.29, 1.82) is 0 Å². The van der Waals surface area contributed by atoms with Gasteiger partial charge in [0.05, 0.1) is 18.4 Å². The van der Waals surface area contributed by atoms with Crippen molar-refractivity contribution >= 4 is 22.3 Å². The Morgan fingerprint density at radius 2 is 2.08 bits per heavy atom. The third-order valence-corrected chi connectivity index (χ3v) is 4.99. The molecule has 0 saturated heterocycles. The van der Waals surface area contributed by atoms with Gasteiger partial charge in [-0.1, -0.05) is 11.3 Å². The van der Waals surface area contributed by atoms with Gasteiger partial charge in [-0.3, -0.25) is 4.79 Å². The van der Waals surface area contributed by atoms with Crippen LogP contribution in [0, 0.1) is 0 Å². The lowest BCUT2D eigenvalue weighted by Crippen LogP contribution is -2.16. The van der Waals surface area contributed by atoms with E-state index in [1.165, 1.54) is 21.9 Å². The molecule has 2 aromatic heterocycles. The van der Waals surface area contributed by atoms with Gasteiger partial charge in [0.15, 0.2) is 0 Å². The molecule has 3 aromatic rings. The van der Waals surface area contributed by atoms with Crippen LogP contribution in [0.4, 0.5) is 0 Å². The summed E-state index contributed by atoms with van der Waals surface area (Å²) in [5.41, 5.74) is 0.564. The lowest BCUT2D eigenvalue weighted by Gasteiger charge is -2.05. The Bertz CT molecular complexity index is 989. The van der Waals surface area contributed by atoms with Crippen molar-refractivity contribution in [2.75, 3.05) is 7.11 Å². The van der Waals surface area contributed by atoms with Gasteiger partial charge in [-0.25, -0.2) is 9.78 Å². The number of benzene rings is 1. The van der Waals surface area contributed by atoms with Crippen LogP contribution in [0.1, 0.15) is 39.8 Å². The molecular formula is C17H15N3O4S. The normalized spacial score (nSPS) is 13.8. The van der Waals surface area contributed by atoms with Gasteiger partial charge in [-0.15, -0.1) is 0 Å². The van der Waals surface area contributed by atoms with Crippen LogP contribution in [0.25, 0.3) is 4.96 Å². The lowest BCUT2D eigenvalue weighted by molar-refractivity contribution is 0.0467. The number of fused-ring (bicyclic) bond motifs is 1. The topological polar surface area (TPSA) is 82.8 Å². The molecule has 0 spiro atoms. The Morgan fingerprint density at radius 3 is 2.76 bits per heavy atom. The van der Waals surface area contributed by atoms with Crippen molar-refractivity contribution in [1.82, 2.24) is 14.6 Å². The predicted octanol–water partition coefficient (Wildman–Crippen LogP) is 2.39. The fraction of sp³-hybridized carbons (Fsp3) is 0.294. The van der Waals surface area contributed by atoms with Gasteiger partial charge in [0.25, 0.3) is 5.56 Å². The average Bonchev–Trinajstić information content (AvgIpc) is 3.39. The minimum Gasteiger partial charge on any atom is -0.497 e. The SMILES string of the molecule is COc1ccc(C(=O)OCc2cc(=O)n3nc(C4CC4)sc3n2)cc1. The molecule has 7 nitrogen and oxygen atoms in total. The number of rotatable bonds is 5. The first-order chi connectivity index (χ1) is 12.1. The zero-order valence-corrected chi connectivity index (χ0v) is 14.3. The van der Waals surface area contributed by atoms with E-state index in [0.29, 0.717) is 27.9 Å². The number of carbonyl (C=O) groups excluding carboxylic acids is 1. The van der Waals surface area contributed by atoms with E-state index < -0.39 is 5.97 Å². The maximum Gasteiger partial charge on any atom is 0.338 e. The number of nitrogens with zero attached hydrogens (tertiary/aromatic N) is 3. The quantitative estimate of drug-likeness (QED) is 0.652. The summed E-state index contributed by atoms with van der Waals surface area (Å²) >= 11 is 1.42. The van der Waals surface area contributed by atoms with E-state index in [4.69, 9.17) is 9.47 Å². The number of methoxy groups -OCH3 is 1. The second-order valence-electron chi connectivity index (χ2n) is 5.80. The standard InChI is InChI=1S/C17H15N3O4S/c1-23-13-6-4-11(5-7-13)16(22)24-9-12-8-14(21)20-17(18-12)25-15(19-20)10-2-3-10/h4-8,10H,2-3,9H2,1H3. The number of aromatic nitrogens is 3.